The highest BCUT2D eigenvalue weighted by Crippen LogP contribution is 2.27. The van der Waals surface area contributed by atoms with E-state index in [2.05, 4.69) is 4.98 Å². The number of hydrogen-bond acceptors (Lipinski definition) is 4. The quantitative estimate of drug-likeness (QED) is 0.913. The van der Waals surface area contributed by atoms with Gasteiger partial charge in [-0.2, -0.15) is 0 Å². The normalized spacial score (nSPS) is 12.5. The molecule has 5 heteroatoms. The van der Waals surface area contributed by atoms with Crippen molar-refractivity contribution < 1.29 is 9.13 Å². The Kier molecular flexibility index (Phi) is 3.40. The number of rotatable bonds is 3. The smallest absolute Gasteiger partial charge is 0.165 e. The van der Waals surface area contributed by atoms with Crippen LogP contribution in [0.2, 0.25) is 0 Å². The van der Waals surface area contributed by atoms with Crippen LogP contribution in [-0.2, 0) is 0 Å². The molecule has 0 spiro atoms. The fourth-order valence-corrected chi connectivity index (χ4v) is 2.38. The van der Waals surface area contributed by atoms with Crippen LogP contribution in [0.25, 0.3) is 0 Å². The summed E-state index contributed by atoms with van der Waals surface area (Å²) in [4.78, 5) is 5.06. The molecule has 0 aliphatic rings. The van der Waals surface area contributed by atoms with Crippen LogP contribution >= 0.6 is 11.3 Å². The summed E-state index contributed by atoms with van der Waals surface area (Å²) >= 11 is 1.52. The van der Waals surface area contributed by atoms with E-state index in [0.717, 1.165) is 9.88 Å². The first-order chi connectivity index (χ1) is 8.11. The minimum absolute atomic E-state index is 0.224. The fourth-order valence-electron chi connectivity index (χ4n) is 1.56. The van der Waals surface area contributed by atoms with E-state index in [4.69, 9.17) is 10.5 Å². The highest BCUT2D eigenvalue weighted by atomic mass is 32.1. The highest BCUT2D eigenvalue weighted by Gasteiger charge is 2.14. The Bertz CT molecular complexity index is 527. The van der Waals surface area contributed by atoms with Gasteiger partial charge in [-0.15, -0.1) is 11.3 Å². The standard InChI is InChI=1S/C12H13FN2OS/c1-7-15-6-11(17-7)12(14)8-3-4-10(16-2)9(13)5-8/h3-6,12H,14H2,1-2H3. The van der Waals surface area contributed by atoms with E-state index >= 15 is 0 Å². The zero-order valence-corrected chi connectivity index (χ0v) is 10.4. The van der Waals surface area contributed by atoms with Gasteiger partial charge in [-0.25, -0.2) is 9.37 Å². The first-order valence-corrected chi connectivity index (χ1v) is 5.95. The molecule has 1 aromatic carbocycles. The third-order valence-electron chi connectivity index (χ3n) is 2.48. The monoisotopic (exact) mass is 252 g/mol. The number of ether oxygens (including phenoxy) is 1. The Morgan fingerprint density at radius 3 is 2.76 bits per heavy atom. The average Bonchev–Trinajstić information content (AvgIpc) is 2.75. The molecule has 90 valence electrons. The van der Waals surface area contributed by atoms with Crippen LogP contribution in [0.5, 0.6) is 5.75 Å². The first kappa shape index (κ1) is 12.0. The lowest BCUT2D eigenvalue weighted by Gasteiger charge is -2.10. The molecule has 17 heavy (non-hydrogen) atoms. The number of nitrogens with two attached hydrogens (primary N) is 1. The fraction of sp³-hybridized carbons (Fsp3) is 0.250. The summed E-state index contributed by atoms with van der Waals surface area (Å²) in [6.45, 7) is 1.91. The van der Waals surface area contributed by atoms with E-state index in [1.54, 1.807) is 18.3 Å². The van der Waals surface area contributed by atoms with Gasteiger partial charge in [0.1, 0.15) is 0 Å². The Morgan fingerprint density at radius 1 is 1.47 bits per heavy atom. The van der Waals surface area contributed by atoms with Gasteiger partial charge in [-0.3, -0.25) is 0 Å². The maximum absolute atomic E-state index is 13.5. The second-order valence-electron chi connectivity index (χ2n) is 3.65. The lowest BCUT2D eigenvalue weighted by molar-refractivity contribution is 0.386. The molecule has 1 atom stereocenters. The zero-order chi connectivity index (χ0) is 12.4. The number of thiazole rings is 1. The maximum Gasteiger partial charge on any atom is 0.165 e. The van der Waals surface area contributed by atoms with Gasteiger partial charge in [0.2, 0.25) is 0 Å². The van der Waals surface area contributed by atoms with Crippen LogP contribution < -0.4 is 10.5 Å². The van der Waals surface area contributed by atoms with Gasteiger partial charge in [0.25, 0.3) is 0 Å². The van der Waals surface area contributed by atoms with Crippen molar-refractivity contribution in [3.63, 3.8) is 0 Å². The molecule has 1 heterocycles. The third-order valence-corrected chi connectivity index (χ3v) is 3.48. The summed E-state index contributed by atoms with van der Waals surface area (Å²) in [5.41, 5.74) is 6.77. The Labute approximate surface area is 103 Å². The number of aromatic nitrogens is 1. The molecular weight excluding hydrogens is 239 g/mol. The van der Waals surface area contributed by atoms with E-state index in [0.29, 0.717) is 5.56 Å². The molecule has 0 aliphatic heterocycles. The molecule has 2 rings (SSSR count). The molecule has 0 amide bonds. The van der Waals surface area contributed by atoms with Gasteiger partial charge in [0.05, 0.1) is 18.2 Å². The minimum atomic E-state index is -0.401. The van der Waals surface area contributed by atoms with Gasteiger partial charge in [0, 0.05) is 11.1 Å². The van der Waals surface area contributed by atoms with Crippen LogP contribution in [0.1, 0.15) is 21.5 Å². The number of benzene rings is 1. The van der Waals surface area contributed by atoms with Gasteiger partial charge in [-0.1, -0.05) is 6.07 Å². The topological polar surface area (TPSA) is 48.1 Å². The summed E-state index contributed by atoms with van der Waals surface area (Å²) < 4.78 is 18.4. The average molecular weight is 252 g/mol. The summed E-state index contributed by atoms with van der Waals surface area (Å²) in [5.74, 6) is -0.178. The van der Waals surface area contributed by atoms with Gasteiger partial charge in [-0.05, 0) is 24.6 Å². The minimum Gasteiger partial charge on any atom is -0.494 e. The summed E-state index contributed by atoms with van der Waals surface area (Å²) in [7, 11) is 1.44. The van der Waals surface area contributed by atoms with Crippen molar-refractivity contribution in [2.24, 2.45) is 5.73 Å². The molecule has 1 aromatic heterocycles. The van der Waals surface area contributed by atoms with Gasteiger partial charge >= 0.3 is 0 Å². The van der Waals surface area contributed by atoms with E-state index in [1.807, 2.05) is 6.92 Å². The Morgan fingerprint density at radius 2 is 2.24 bits per heavy atom. The third kappa shape index (κ3) is 2.45. The van der Waals surface area contributed by atoms with Crippen LogP contribution in [0.15, 0.2) is 24.4 Å². The van der Waals surface area contributed by atoms with Crippen molar-refractivity contribution in [1.29, 1.82) is 0 Å². The predicted molar refractivity (Wildman–Crippen MR) is 65.8 cm³/mol. The van der Waals surface area contributed by atoms with E-state index < -0.39 is 5.82 Å². The van der Waals surface area contributed by atoms with Crippen molar-refractivity contribution in [3.05, 3.63) is 45.7 Å². The van der Waals surface area contributed by atoms with E-state index in [9.17, 15) is 4.39 Å². The van der Waals surface area contributed by atoms with Gasteiger partial charge in [0.15, 0.2) is 11.6 Å². The molecule has 2 aromatic rings. The van der Waals surface area contributed by atoms with Crippen molar-refractivity contribution in [3.8, 4) is 5.75 Å². The lowest BCUT2D eigenvalue weighted by atomic mass is 10.1. The van der Waals surface area contributed by atoms with Crippen molar-refractivity contribution >= 4 is 11.3 Å². The molecule has 3 nitrogen and oxygen atoms in total. The summed E-state index contributed by atoms with van der Waals surface area (Å²) in [6, 6.07) is 4.40. The van der Waals surface area contributed by atoms with Crippen molar-refractivity contribution in [2.45, 2.75) is 13.0 Å². The van der Waals surface area contributed by atoms with Crippen LogP contribution in [0.4, 0.5) is 4.39 Å². The second kappa shape index (κ2) is 4.81. The number of halogens is 1. The van der Waals surface area contributed by atoms with Crippen molar-refractivity contribution in [2.75, 3.05) is 7.11 Å². The summed E-state index contributed by atoms with van der Waals surface area (Å²) in [6.07, 6.45) is 1.73. The second-order valence-corrected chi connectivity index (χ2v) is 4.92. The van der Waals surface area contributed by atoms with Gasteiger partial charge < -0.3 is 10.5 Å². The number of nitrogens with zero attached hydrogens (tertiary/aromatic N) is 1. The lowest BCUT2D eigenvalue weighted by Crippen LogP contribution is -2.10. The molecule has 0 saturated carbocycles. The zero-order valence-electron chi connectivity index (χ0n) is 9.61. The summed E-state index contributed by atoms with van der Waals surface area (Å²) in [5, 5.41) is 0.949. The highest BCUT2D eigenvalue weighted by molar-refractivity contribution is 7.11. The molecule has 0 aliphatic carbocycles. The number of aryl methyl sites for hydroxylation is 1. The molecule has 0 fully saturated rings. The SMILES string of the molecule is COc1ccc(C(N)c2cnc(C)s2)cc1F. The molecule has 0 saturated heterocycles. The van der Waals surface area contributed by atoms with Crippen LogP contribution in [0, 0.1) is 12.7 Å². The molecule has 0 radical (unpaired) electrons. The van der Waals surface area contributed by atoms with E-state index in [-0.39, 0.29) is 11.8 Å². The maximum atomic E-state index is 13.5. The van der Waals surface area contributed by atoms with Crippen LogP contribution in [0.3, 0.4) is 0 Å². The number of methoxy groups -OCH3 is 1. The van der Waals surface area contributed by atoms with E-state index in [1.165, 1.54) is 24.5 Å². The molecule has 1 unspecified atom stereocenters. The molecular formula is C12H13FN2OS. The van der Waals surface area contributed by atoms with Crippen LogP contribution in [-0.4, -0.2) is 12.1 Å². The molecule has 2 N–H and O–H groups in total. The Balaban J connectivity index is 2.31. The number of hydrogen-bond donors (Lipinski definition) is 1. The predicted octanol–water partition coefficient (Wildman–Crippen LogP) is 2.65. The first-order valence-electron chi connectivity index (χ1n) is 5.13. The molecule has 0 bridgehead atoms. The Hall–Kier alpha value is -1.46. The largest absolute Gasteiger partial charge is 0.494 e. The van der Waals surface area contributed by atoms with Crippen molar-refractivity contribution in [1.82, 2.24) is 4.98 Å².